The van der Waals surface area contributed by atoms with E-state index in [1.165, 1.54) is 6.07 Å². The Balaban J connectivity index is 3.03. The van der Waals surface area contributed by atoms with Gasteiger partial charge in [0.2, 0.25) is 0 Å². The maximum Gasteiger partial charge on any atom is 0.189 e. The van der Waals surface area contributed by atoms with Gasteiger partial charge in [0.05, 0.1) is 5.39 Å². The van der Waals surface area contributed by atoms with Crippen LogP contribution in [0.4, 0.5) is 19.0 Å². The number of anilines is 1. The SMILES string of the molecule is CSc1nc(N)c2c(F)c(C#N)c(F)c(F)c2n1. The Hall–Kier alpha value is -2.01. The first-order valence-corrected chi connectivity index (χ1v) is 5.81. The predicted octanol–water partition coefficient (Wildman–Crippen LogP) is 2.22. The quantitative estimate of drug-likeness (QED) is 0.488. The molecule has 1 aromatic carbocycles. The molecule has 1 heterocycles. The van der Waals surface area contributed by atoms with Crippen LogP contribution in [0.15, 0.2) is 5.16 Å². The molecule has 0 saturated carbocycles. The molecule has 0 amide bonds. The van der Waals surface area contributed by atoms with Crippen LogP contribution >= 0.6 is 11.8 Å². The average Bonchev–Trinajstić information content (AvgIpc) is 2.35. The zero-order valence-corrected chi connectivity index (χ0v) is 9.78. The van der Waals surface area contributed by atoms with Gasteiger partial charge in [-0.3, -0.25) is 0 Å². The third-order valence-corrected chi connectivity index (χ3v) is 2.82. The molecule has 2 N–H and O–H groups in total. The predicted molar refractivity (Wildman–Crippen MR) is 60.3 cm³/mol. The number of benzene rings is 1. The number of nitrogen functional groups attached to an aromatic ring is 1. The number of rotatable bonds is 1. The maximum absolute atomic E-state index is 13.8. The fourth-order valence-electron chi connectivity index (χ4n) is 1.46. The monoisotopic (exact) mass is 270 g/mol. The lowest BCUT2D eigenvalue weighted by atomic mass is 10.1. The van der Waals surface area contributed by atoms with Crippen LogP contribution in [0.3, 0.4) is 0 Å². The highest BCUT2D eigenvalue weighted by molar-refractivity contribution is 7.98. The summed E-state index contributed by atoms with van der Waals surface area (Å²) in [6, 6.07) is 1.25. The topological polar surface area (TPSA) is 75.6 Å². The highest BCUT2D eigenvalue weighted by Gasteiger charge is 2.23. The average molecular weight is 270 g/mol. The molecule has 8 heteroatoms. The third kappa shape index (κ3) is 1.64. The van der Waals surface area contributed by atoms with Crippen molar-refractivity contribution in [3.63, 3.8) is 0 Å². The molecule has 0 saturated heterocycles. The highest BCUT2D eigenvalue weighted by atomic mass is 32.2. The van der Waals surface area contributed by atoms with Crippen molar-refractivity contribution < 1.29 is 13.2 Å². The normalized spacial score (nSPS) is 10.6. The molecule has 0 fully saturated rings. The van der Waals surface area contributed by atoms with Gasteiger partial charge in [0.15, 0.2) is 22.6 Å². The number of nitriles is 1. The van der Waals surface area contributed by atoms with Crippen molar-refractivity contribution >= 4 is 28.5 Å². The second kappa shape index (κ2) is 4.34. The summed E-state index contributed by atoms with van der Waals surface area (Å²) in [6.07, 6.45) is 1.61. The Kier molecular flexibility index (Phi) is 3.00. The van der Waals surface area contributed by atoms with Gasteiger partial charge in [-0.05, 0) is 6.26 Å². The maximum atomic E-state index is 13.8. The van der Waals surface area contributed by atoms with E-state index >= 15 is 0 Å². The smallest absolute Gasteiger partial charge is 0.189 e. The van der Waals surface area contributed by atoms with Crippen molar-refractivity contribution in [2.45, 2.75) is 5.16 Å². The molecule has 0 aliphatic heterocycles. The summed E-state index contributed by atoms with van der Waals surface area (Å²) in [4.78, 5) is 7.38. The molecule has 0 spiro atoms. The lowest BCUT2D eigenvalue weighted by Gasteiger charge is -2.07. The first kappa shape index (κ1) is 12.4. The van der Waals surface area contributed by atoms with Crippen molar-refractivity contribution in [1.29, 1.82) is 5.26 Å². The van der Waals surface area contributed by atoms with E-state index in [-0.39, 0.29) is 11.0 Å². The van der Waals surface area contributed by atoms with Crippen LogP contribution in [0.5, 0.6) is 0 Å². The first-order valence-electron chi connectivity index (χ1n) is 4.59. The van der Waals surface area contributed by atoms with Gasteiger partial charge in [0.25, 0.3) is 0 Å². The molecular formula is C10H5F3N4S. The van der Waals surface area contributed by atoms with Gasteiger partial charge < -0.3 is 5.73 Å². The largest absolute Gasteiger partial charge is 0.383 e. The van der Waals surface area contributed by atoms with Crippen molar-refractivity contribution in [3.05, 3.63) is 23.0 Å². The Morgan fingerprint density at radius 3 is 2.39 bits per heavy atom. The Morgan fingerprint density at radius 1 is 1.17 bits per heavy atom. The van der Waals surface area contributed by atoms with Gasteiger partial charge >= 0.3 is 0 Å². The second-order valence-corrected chi connectivity index (χ2v) is 4.02. The minimum atomic E-state index is -1.58. The van der Waals surface area contributed by atoms with Crippen LogP contribution in [0.1, 0.15) is 5.56 Å². The molecule has 0 aliphatic carbocycles. The van der Waals surface area contributed by atoms with Crippen LogP contribution in [0.25, 0.3) is 10.9 Å². The summed E-state index contributed by atoms with van der Waals surface area (Å²) < 4.78 is 40.9. The summed E-state index contributed by atoms with van der Waals surface area (Å²) in [5, 5.41) is 8.19. The molecule has 0 unspecified atom stereocenters. The van der Waals surface area contributed by atoms with Crippen LogP contribution in [0.2, 0.25) is 0 Å². The number of nitrogens with two attached hydrogens (primary N) is 1. The van der Waals surface area contributed by atoms with E-state index in [0.717, 1.165) is 11.8 Å². The van der Waals surface area contributed by atoms with E-state index < -0.39 is 33.9 Å². The van der Waals surface area contributed by atoms with Crippen molar-refractivity contribution in [1.82, 2.24) is 9.97 Å². The number of hydrogen-bond donors (Lipinski definition) is 1. The molecule has 2 rings (SSSR count). The summed E-state index contributed by atoms with van der Waals surface area (Å²) >= 11 is 1.05. The second-order valence-electron chi connectivity index (χ2n) is 3.25. The summed E-state index contributed by atoms with van der Waals surface area (Å²) in [7, 11) is 0. The van der Waals surface area contributed by atoms with Crippen LogP contribution in [-0.4, -0.2) is 16.2 Å². The number of fused-ring (bicyclic) bond motifs is 1. The molecule has 4 nitrogen and oxygen atoms in total. The molecule has 0 atom stereocenters. The fourth-order valence-corrected chi connectivity index (χ4v) is 1.83. The number of halogens is 3. The van der Waals surface area contributed by atoms with Gasteiger partial charge in [0.1, 0.15) is 23.0 Å². The Bertz CT molecular complexity index is 696. The molecule has 0 radical (unpaired) electrons. The number of thioether (sulfide) groups is 1. The van der Waals surface area contributed by atoms with Gasteiger partial charge in [-0.2, -0.15) is 5.26 Å². The van der Waals surface area contributed by atoms with Crippen molar-refractivity contribution in [3.8, 4) is 6.07 Å². The zero-order chi connectivity index (χ0) is 13.4. The van der Waals surface area contributed by atoms with Gasteiger partial charge in [-0.1, -0.05) is 11.8 Å². The zero-order valence-electron chi connectivity index (χ0n) is 8.96. The highest BCUT2D eigenvalue weighted by Crippen LogP contribution is 2.30. The van der Waals surface area contributed by atoms with Crippen molar-refractivity contribution in [2.24, 2.45) is 0 Å². The molecule has 92 valence electrons. The number of hydrogen-bond acceptors (Lipinski definition) is 5. The standard InChI is InChI=1S/C10H5F3N4S/c1-18-10-16-8-4(9(15)17-10)5(11)3(2-14)6(12)7(8)13/h1H3,(H2,15,16,17). The third-order valence-electron chi connectivity index (χ3n) is 2.27. The minimum absolute atomic E-state index is 0.0856. The Morgan fingerprint density at radius 2 is 1.83 bits per heavy atom. The van der Waals surface area contributed by atoms with Crippen molar-refractivity contribution in [2.75, 3.05) is 12.0 Å². The molecule has 18 heavy (non-hydrogen) atoms. The molecule has 0 aliphatic rings. The lowest BCUT2D eigenvalue weighted by Crippen LogP contribution is -2.05. The summed E-state index contributed by atoms with van der Waals surface area (Å²) in [6.45, 7) is 0. The van der Waals surface area contributed by atoms with Gasteiger partial charge in [-0.25, -0.2) is 23.1 Å². The molecule has 2 aromatic rings. The molecular weight excluding hydrogens is 265 g/mol. The van der Waals surface area contributed by atoms with E-state index in [0.29, 0.717) is 0 Å². The molecule has 1 aromatic heterocycles. The number of nitrogens with zero attached hydrogens (tertiary/aromatic N) is 3. The van der Waals surface area contributed by atoms with Crippen LogP contribution in [0, 0.1) is 28.8 Å². The van der Waals surface area contributed by atoms with Gasteiger partial charge in [-0.15, -0.1) is 0 Å². The minimum Gasteiger partial charge on any atom is -0.383 e. The first-order chi connectivity index (χ1) is 8.51. The van der Waals surface area contributed by atoms with Crippen LogP contribution < -0.4 is 5.73 Å². The number of aromatic nitrogens is 2. The van der Waals surface area contributed by atoms with E-state index in [1.54, 1.807) is 6.26 Å². The summed E-state index contributed by atoms with van der Waals surface area (Å²) in [5.74, 6) is -4.58. The van der Waals surface area contributed by atoms with E-state index in [9.17, 15) is 13.2 Å². The van der Waals surface area contributed by atoms with Gasteiger partial charge in [0, 0.05) is 0 Å². The van der Waals surface area contributed by atoms with E-state index in [2.05, 4.69) is 9.97 Å². The Labute approximate surface area is 104 Å². The fraction of sp³-hybridized carbons (Fsp3) is 0.100. The van der Waals surface area contributed by atoms with Crippen LogP contribution in [-0.2, 0) is 0 Å². The molecule has 0 bridgehead atoms. The lowest BCUT2D eigenvalue weighted by molar-refractivity contribution is 0.499. The van der Waals surface area contributed by atoms with E-state index in [1.807, 2.05) is 0 Å². The van der Waals surface area contributed by atoms with E-state index in [4.69, 9.17) is 11.0 Å². The summed E-state index contributed by atoms with van der Waals surface area (Å²) in [5.41, 5.74) is 3.87.